The molecule has 1 heterocycles. The van der Waals surface area contributed by atoms with Crippen LogP contribution in [0.15, 0.2) is 18.2 Å². The Morgan fingerprint density at radius 1 is 1.29 bits per heavy atom. The normalized spacial score (nSPS) is 21.7. The van der Waals surface area contributed by atoms with Crippen LogP contribution in [0.2, 0.25) is 5.02 Å². The number of morpholine rings is 1. The van der Waals surface area contributed by atoms with Gasteiger partial charge in [-0.15, -0.1) is 0 Å². The third-order valence-corrected chi connectivity index (χ3v) is 4.63. The van der Waals surface area contributed by atoms with E-state index >= 15 is 0 Å². The van der Waals surface area contributed by atoms with E-state index in [-0.39, 0.29) is 25.2 Å². The van der Waals surface area contributed by atoms with Crippen molar-refractivity contribution in [2.45, 2.75) is 37.9 Å². The largest absolute Gasteiger partial charge is 0.490 e. The van der Waals surface area contributed by atoms with Crippen molar-refractivity contribution >= 4 is 23.5 Å². The monoisotopic (exact) mass is 353 g/mol. The van der Waals surface area contributed by atoms with E-state index in [1.54, 1.807) is 18.2 Å². The lowest BCUT2D eigenvalue weighted by atomic mass is 10.1. The van der Waals surface area contributed by atoms with Gasteiger partial charge < -0.3 is 19.5 Å². The molecule has 0 unspecified atom stereocenters. The summed E-state index contributed by atoms with van der Waals surface area (Å²) in [4.78, 5) is 25.4. The van der Waals surface area contributed by atoms with Crippen LogP contribution in [0.3, 0.4) is 0 Å². The Morgan fingerprint density at radius 3 is 2.75 bits per heavy atom. The zero-order valence-corrected chi connectivity index (χ0v) is 14.0. The smallest absolute Gasteiger partial charge is 0.334 e. The van der Waals surface area contributed by atoms with Crippen LogP contribution in [-0.4, -0.2) is 53.8 Å². The molecule has 1 aliphatic carbocycles. The van der Waals surface area contributed by atoms with Gasteiger partial charge in [0, 0.05) is 11.6 Å². The van der Waals surface area contributed by atoms with Gasteiger partial charge in [0.25, 0.3) is 5.91 Å². The first-order valence-electron chi connectivity index (χ1n) is 8.14. The van der Waals surface area contributed by atoms with Crippen LogP contribution in [0, 0.1) is 0 Å². The van der Waals surface area contributed by atoms with Crippen molar-refractivity contribution < 1.29 is 24.2 Å². The summed E-state index contributed by atoms with van der Waals surface area (Å²) in [7, 11) is 0. The molecule has 3 rings (SSSR count). The lowest BCUT2D eigenvalue weighted by Crippen LogP contribution is -2.48. The molecule has 0 spiro atoms. The van der Waals surface area contributed by atoms with Crippen LogP contribution < -0.4 is 4.74 Å². The second-order valence-electron chi connectivity index (χ2n) is 6.11. The van der Waals surface area contributed by atoms with Gasteiger partial charge in [0.05, 0.1) is 24.8 Å². The molecule has 130 valence electrons. The maximum Gasteiger partial charge on any atom is 0.334 e. The van der Waals surface area contributed by atoms with Gasteiger partial charge >= 0.3 is 5.97 Å². The number of carboxylic acid groups (broad SMARTS) is 1. The summed E-state index contributed by atoms with van der Waals surface area (Å²) >= 11 is 6.05. The van der Waals surface area contributed by atoms with Gasteiger partial charge in [0.1, 0.15) is 5.75 Å². The predicted molar refractivity (Wildman–Crippen MR) is 87.6 cm³/mol. The molecule has 24 heavy (non-hydrogen) atoms. The number of hydrogen-bond donors (Lipinski definition) is 1. The highest BCUT2D eigenvalue weighted by Gasteiger charge is 2.31. The summed E-state index contributed by atoms with van der Waals surface area (Å²) in [6.45, 7) is 0.559. The first-order valence-corrected chi connectivity index (χ1v) is 8.52. The Morgan fingerprint density at radius 2 is 2.04 bits per heavy atom. The number of ether oxygens (including phenoxy) is 2. The number of halogens is 1. The highest BCUT2D eigenvalue weighted by atomic mass is 35.5. The fourth-order valence-electron chi connectivity index (χ4n) is 3.11. The number of aliphatic carboxylic acids is 1. The van der Waals surface area contributed by atoms with E-state index in [0.29, 0.717) is 22.9 Å². The average molecular weight is 354 g/mol. The molecule has 1 N–H and O–H groups in total. The van der Waals surface area contributed by atoms with Crippen molar-refractivity contribution in [3.8, 4) is 5.75 Å². The van der Waals surface area contributed by atoms with Gasteiger partial charge in [0.15, 0.2) is 6.10 Å². The van der Waals surface area contributed by atoms with Crippen molar-refractivity contribution in [2.75, 3.05) is 19.7 Å². The van der Waals surface area contributed by atoms with Crippen LogP contribution in [0.1, 0.15) is 36.0 Å². The fraction of sp³-hybridized carbons (Fsp3) is 0.529. The molecule has 1 aliphatic heterocycles. The molecule has 6 nitrogen and oxygen atoms in total. The number of rotatable bonds is 4. The number of amides is 1. The van der Waals surface area contributed by atoms with Crippen LogP contribution >= 0.6 is 11.6 Å². The molecule has 0 aromatic heterocycles. The van der Waals surface area contributed by atoms with E-state index < -0.39 is 12.1 Å². The van der Waals surface area contributed by atoms with Gasteiger partial charge in [-0.1, -0.05) is 11.6 Å². The Labute approximate surface area is 145 Å². The van der Waals surface area contributed by atoms with Crippen molar-refractivity contribution in [1.82, 2.24) is 4.90 Å². The molecule has 2 aliphatic rings. The van der Waals surface area contributed by atoms with Gasteiger partial charge in [-0.2, -0.15) is 0 Å². The Hall–Kier alpha value is -1.79. The molecule has 0 radical (unpaired) electrons. The molecule has 7 heteroatoms. The Bertz CT molecular complexity index is 629. The third-order valence-electron chi connectivity index (χ3n) is 4.40. The SMILES string of the molecule is O=C(O)[C@@H]1CN(C(=O)c2cc(Cl)ccc2OC2CCCC2)CCO1. The van der Waals surface area contributed by atoms with Crippen LogP contribution in [-0.2, 0) is 9.53 Å². The standard InChI is InChI=1S/C17H20ClNO5/c18-11-5-6-14(24-12-3-1-2-4-12)13(9-11)16(20)19-7-8-23-15(10-19)17(21)22/h5-6,9,12,15H,1-4,7-8,10H2,(H,21,22)/t15-/m0/s1. The number of carbonyl (C=O) groups excluding carboxylic acids is 1. The summed E-state index contributed by atoms with van der Waals surface area (Å²) in [6.07, 6.45) is 3.34. The zero-order valence-electron chi connectivity index (χ0n) is 13.2. The lowest BCUT2D eigenvalue weighted by molar-refractivity contribution is -0.154. The molecular weight excluding hydrogens is 334 g/mol. The second-order valence-corrected chi connectivity index (χ2v) is 6.55. The maximum atomic E-state index is 12.9. The molecule has 2 fully saturated rings. The topological polar surface area (TPSA) is 76.1 Å². The molecule has 0 bridgehead atoms. The summed E-state index contributed by atoms with van der Waals surface area (Å²) in [6, 6.07) is 4.99. The maximum absolute atomic E-state index is 12.9. The van der Waals surface area contributed by atoms with Gasteiger partial charge in [-0.05, 0) is 43.9 Å². The molecule has 1 aromatic rings. The summed E-state index contributed by atoms with van der Waals surface area (Å²) in [5, 5.41) is 9.53. The van der Waals surface area contributed by atoms with Crippen molar-refractivity contribution in [2.24, 2.45) is 0 Å². The van der Waals surface area contributed by atoms with Crippen molar-refractivity contribution in [1.29, 1.82) is 0 Å². The Balaban J connectivity index is 1.80. The van der Waals surface area contributed by atoms with E-state index in [0.717, 1.165) is 25.7 Å². The molecule has 1 atom stereocenters. The molecule has 1 aromatic carbocycles. The van der Waals surface area contributed by atoms with E-state index in [2.05, 4.69) is 0 Å². The highest BCUT2D eigenvalue weighted by molar-refractivity contribution is 6.31. The Kier molecular flexibility index (Phi) is 5.26. The van der Waals surface area contributed by atoms with Gasteiger partial charge in [0.2, 0.25) is 0 Å². The third kappa shape index (κ3) is 3.82. The molecule has 1 saturated carbocycles. The summed E-state index contributed by atoms with van der Waals surface area (Å²) in [5.74, 6) is -0.837. The fourth-order valence-corrected chi connectivity index (χ4v) is 3.28. The molecule has 1 amide bonds. The molecular formula is C17H20ClNO5. The minimum Gasteiger partial charge on any atom is -0.490 e. The second kappa shape index (κ2) is 7.40. The minimum absolute atomic E-state index is 0.0174. The highest BCUT2D eigenvalue weighted by Crippen LogP contribution is 2.30. The number of benzene rings is 1. The van der Waals surface area contributed by atoms with Crippen LogP contribution in [0.25, 0.3) is 0 Å². The van der Waals surface area contributed by atoms with E-state index in [1.165, 1.54) is 4.90 Å². The van der Waals surface area contributed by atoms with E-state index in [9.17, 15) is 9.59 Å². The minimum atomic E-state index is -1.07. The van der Waals surface area contributed by atoms with Crippen LogP contribution in [0.5, 0.6) is 5.75 Å². The first kappa shape index (κ1) is 17.0. The first-order chi connectivity index (χ1) is 11.5. The number of carboxylic acids is 1. The van der Waals surface area contributed by atoms with Crippen molar-refractivity contribution in [3.05, 3.63) is 28.8 Å². The van der Waals surface area contributed by atoms with Crippen molar-refractivity contribution in [3.63, 3.8) is 0 Å². The number of carbonyl (C=O) groups is 2. The number of hydrogen-bond acceptors (Lipinski definition) is 4. The van der Waals surface area contributed by atoms with E-state index in [1.807, 2.05) is 0 Å². The number of nitrogens with zero attached hydrogens (tertiary/aromatic N) is 1. The van der Waals surface area contributed by atoms with Gasteiger partial charge in [-0.3, -0.25) is 4.79 Å². The van der Waals surface area contributed by atoms with Gasteiger partial charge in [-0.25, -0.2) is 4.79 Å². The summed E-state index contributed by atoms with van der Waals surface area (Å²) < 4.78 is 11.2. The predicted octanol–water partition coefficient (Wildman–Crippen LogP) is 2.59. The molecule has 1 saturated heterocycles. The van der Waals surface area contributed by atoms with Crippen LogP contribution in [0.4, 0.5) is 0 Å². The average Bonchev–Trinajstić information content (AvgIpc) is 3.09. The van der Waals surface area contributed by atoms with E-state index in [4.69, 9.17) is 26.2 Å². The lowest BCUT2D eigenvalue weighted by Gasteiger charge is -2.31. The zero-order chi connectivity index (χ0) is 17.1. The summed E-state index contributed by atoms with van der Waals surface area (Å²) in [5.41, 5.74) is 0.375. The quantitative estimate of drug-likeness (QED) is 0.900.